The van der Waals surface area contributed by atoms with E-state index in [4.69, 9.17) is 4.98 Å². The van der Waals surface area contributed by atoms with Crippen molar-refractivity contribution in [1.29, 1.82) is 0 Å². The van der Waals surface area contributed by atoms with Gasteiger partial charge >= 0.3 is 0 Å². The Balaban J connectivity index is 0.953. The lowest BCUT2D eigenvalue weighted by Crippen LogP contribution is -2.18. The topological polar surface area (TPSA) is 16.1 Å². The summed E-state index contributed by atoms with van der Waals surface area (Å²) < 4.78 is 0. The molecule has 9 aromatic rings. The summed E-state index contributed by atoms with van der Waals surface area (Å²) in [5.74, 6) is 0. The van der Waals surface area contributed by atoms with E-state index in [0.717, 1.165) is 28.3 Å². The SMILES string of the molecule is CC1(C)c2ccccc2-c2ccc(N(c3ccc(-c4ccc(-c5c6c(cc7ccccc57)C(C)(C)c5ccccc5-6)cc4)nc3)c3ccc4c(c3)C(C)(C)c3ccccc3-4)cc21. The molecule has 0 fully saturated rings. The van der Waals surface area contributed by atoms with Gasteiger partial charge in [0, 0.05) is 33.2 Å². The molecule has 0 amide bonds. The highest BCUT2D eigenvalue weighted by molar-refractivity contribution is 6.08. The molecule has 0 saturated carbocycles. The second-order valence-electron chi connectivity index (χ2n) is 19.2. The molecule has 0 radical (unpaired) electrons. The number of aromatic nitrogens is 1. The molecule has 298 valence electrons. The summed E-state index contributed by atoms with van der Waals surface area (Å²) in [6.07, 6.45) is 2.06. The third-order valence-corrected chi connectivity index (χ3v) is 14.7. The fourth-order valence-electron chi connectivity index (χ4n) is 11.4. The Morgan fingerprint density at radius 1 is 0.355 bits per heavy atom. The van der Waals surface area contributed by atoms with Crippen LogP contribution in [0.4, 0.5) is 17.1 Å². The van der Waals surface area contributed by atoms with E-state index in [0.29, 0.717) is 0 Å². The predicted octanol–water partition coefficient (Wildman–Crippen LogP) is 16.0. The summed E-state index contributed by atoms with van der Waals surface area (Å²) in [4.78, 5) is 7.61. The number of rotatable bonds is 5. The first-order valence-electron chi connectivity index (χ1n) is 22.0. The smallest absolute Gasteiger partial charge is 0.0703 e. The molecule has 0 bridgehead atoms. The maximum absolute atomic E-state index is 5.21. The summed E-state index contributed by atoms with van der Waals surface area (Å²) in [5.41, 5.74) is 23.8. The molecule has 0 saturated heterocycles. The van der Waals surface area contributed by atoms with E-state index in [9.17, 15) is 0 Å². The van der Waals surface area contributed by atoms with Crippen LogP contribution in [0.1, 0.15) is 74.9 Å². The molecule has 1 aromatic heterocycles. The van der Waals surface area contributed by atoms with Crippen LogP contribution in [0.15, 0.2) is 182 Å². The van der Waals surface area contributed by atoms with Crippen LogP contribution in [-0.4, -0.2) is 4.98 Å². The number of hydrogen-bond acceptors (Lipinski definition) is 2. The van der Waals surface area contributed by atoms with E-state index < -0.39 is 0 Å². The Morgan fingerprint density at radius 2 is 0.823 bits per heavy atom. The molecule has 0 aliphatic heterocycles. The molecule has 12 rings (SSSR count). The zero-order valence-corrected chi connectivity index (χ0v) is 36.2. The highest BCUT2D eigenvalue weighted by Gasteiger charge is 2.39. The summed E-state index contributed by atoms with van der Waals surface area (Å²) in [7, 11) is 0. The third kappa shape index (κ3) is 5.13. The van der Waals surface area contributed by atoms with E-state index in [1.54, 1.807) is 0 Å². The molecule has 0 N–H and O–H groups in total. The zero-order chi connectivity index (χ0) is 42.1. The summed E-state index contributed by atoms with van der Waals surface area (Å²) in [6.45, 7) is 14.2. The Bertz CT molecular complexity index is 3200. The second-order valence-corrected chi connectivity index (χ2v) is 19.2. The molecule has 2 nitrogen and oxygen atoms in total. The fraction of sp³-hybridized carbons (Fsp3) is 0.150. The van der Waals surface area contributed by atoms with E-state index >= 15 is 0 Å². The van der Waals surface area contributed by atoms with Crippen molar-refractivity contribution in [2.24, 2.45) is 0 Å². The molecule has 1 heterocycles. The lowest BCUT2D eigenvalue weighted by molar-refractivity contribution is 0.660. The van der Waals surface area contributed by atoms with Crippen molar-refractivity contribution < 1.29 is 0 Å². The summed E-state index contributed by atoms with van der Waals surface area (Å²) in [6, 6.07) is 65.6. The van der Waals surface area contributed by atoms with E-state index in [-0.39, 0.29) is 16.2 Å². The minimum Gasteiger partial charge on any atom is -0.309 e. The van der Waals surface area contributed by atoms with E-state index in [1.807, 2.05) is 0 Å². The quantitative estimate of drug-likeness (QED) is 0.172. The standard InChI is InChI=1S/C60H48N2/c1-58(2)49-20-12-9-17-44(49)46-30-27-40(34-52(46)58)62(41-28-31-47-45-18-10-13-21-50(45)59(3,4)53(47)35-41)42-29-32-55(61-36-42)37-23-25-38(26-24-37)56-43-16-8-7-15-39(43)33-54-57(56)48-19-11-14-22-51(48)60(54,5)6/h7-36H,1-6H3. The minimum atomic E-state index is -0.116. The Labute approximate surface area is 365 Å². The van der Waals surface area contributed by atoms with Crippen LogP contribution in [0, 0.1) is 0 Å². The van der Waals surface area contributed by atoms with Crippen molar-refractivity contribution in [1.82, 2.24) is 4.98 Å². The van der Waals surface area contributed by atoms with Crippen molar-refractivity contribution in [3.63, 3.8) is 0 Å². The number of hydrogen-bond donors (Lipinski definition) is 0. The summed E-state index contributed by atoms with van der Waals surface area (Å²) >= 11 is 0. The first kappa shape index (κ1) is 36.8. The van der Waals surface area contributed by atoms with Gasteiger partial charge in [0.15, 0.2) is 0 Å². The molecular weight excluding hydrogens is 749 g/mol. The van der Waals surface area contributed by atoms with Gasteiger partial charge in [-0.05, 0) is 131 Å². The minimum absolute atomic E-state index is 0.0772. The normalized spacial score (nSPS) is 15.3. The van der Waals surface area contributed by atoms with Gasteiger partial charge in [0.25, 0.3) is 0 Å². The first-order valence-corrected chi connectivity index (χ1v) is 22.0. The number of fused-ring (bicyclic) bond motifs is 10. The number of nitrogens with zero attached hydrogens (tertiary/aromatic N) is 2. The molecule has 0 unspecified atom stereocenters. The molecule has 3 aliphatic rings. The fourth-order valence-corrected chi connectivity index (χ4v) is 11.4. The number of pyridine rings is 1. The van der Waals surface area contributed by atoms with E-state index in [1.165, 1.54) is 88.7 Å². The molecule has 2 heteroatoms. The van der Waals surface area contributed by atoms with Crippen molar-refractivity contribution in [3.05, 3.63) is 216 Å². The maximum Gasteiger partial charge on any atom is 0.0703 e. The average Bonchev–Trinajstić information content (AvgIpc) is 3.78. The lowest BCUT2D eigenvalue weighted by atomic mass is 9.80. The van der Waals surface area contributed by atoms with Crippen LogP contribution in [0.3, 0.4) is 0 Å². The van der Waals surface area contributed by atoms with Crippen LogP contribution in [0.2, 0.25) is 0 Å². The van der Waals surface area contributed by atoms with Gasteiger partial charge in [-0.1, -0.05) is 175 Å². The van der Waals surface area contributed by atoms with Crippen LogP contribution in [-0.2, 0) is 16.2 Å². The van der Waals surface area contributed by atoms with Crippen molar-refractivity contribution in [3.8, 4) is 55.8 Å². The van der Waals surface area contributed by atoms with Crippen molar-refractivity contribution in [2.75, 3.05) is 4.90 Å². The number of anilines is 3. The van der Waals surface area contributed by atoms with Crippen LogP contribution >= 0.6 is 0 Å². The summed E-state index contributed by atoms with van der Waals surface area (Å²) in [5, 5.41) is 2.56. The molecule has 0 spiro atoms. The van der Waals surface area contributed by atoms with Crippen LogP contribution in [0.25, 0.3) is 66.5 Å². The Hall–Kier alpha value is -7.03. The largest absolute Gasteiger partial charge is 0.309 e. The molecule has 62 heavy (non-hydrogen) atoms. The monoisotopic (exact) mass is 796 g/mol. The molecular formula is C60H48N2. The van der Waals surface area contributed by atoms with Gasteiger partial charge in [-0.25, -0.2) is 0 Å². The van der Waals surface area contributed by atoms with Crippen molar-refractivity contribution in [2.45, 2.75) is 57.8 Å². The van der Waals surface area contributed by atoms with Gasteiger partial charge in [0.1, 0.15) is 0 Å². The van der Waals surface area contributed by atoms with Crippen molar-refractivity contribution >= 4 is 27.8 Å². The molecule has 8 aromatic carbocycles. The first-order chi connectivity index (χ1) is 30.0. The average molecular weight is 797 g/mol. The lowest BCUT2D eigenvalue weighted by Gasteiger charge is -2.29. The van der Waals surface area contributed by atoms with Gasteiger partial charge < -0.3 is 4.90 Å². The van der Waals surface area contributed by atoms with Gasteiger partial charge in [-0.2, -0.15) is 0 Å². The third-order valence-electron chi connectivity index (χ3n) is 14.7. The van der Waals surface area contributed by atoms with Gasteiger partial charge in [-0.15, -0.1) is 0 Å². The highest BCUT2D eigenvalue weighted by atomic mass is 15.1. The van der Waals surface area contributed by atoms with Crippen LogP contribution in [0.5, 0.6) is 0 Å². The Kier molecular flexibility index (Phi) is 7.71. The van der Waals surface area contributed by atoms with Gasteiger partial charge in [0.05, 0.1) is 17.6 Å². The second kappa shape index (κ2) is 13.0. The Morgan fingerprint density at radius 3 is 1.40 bits per heavy atom. The van der Waals surface area contributed by atoms with E-state index in [2.05, 4.69) is 229 Å². The number of benzene rings is 8. The van der Waals surface area contributed by atoms with Crippen LogP contribution < -0.4 is 4.90 Å². The van der Waals surface area contributed by atoms with Gasteiger partial charge in [-0.3, -0.25) is 4.98 Å². The van der Waals surface area contributed by atoms with Gasteiger partial charge in [0.2, 0.25) is 0 Å². The zero-order valence-electron chi connectivity index (χ0n) is 36.2. The highest BCUT2D eigenvalue weighted by Crippen LogP contribution is 2.55. The molecule has 0 atom stereocenters. The molecule has 3 aliphatic carbocycles. The predicted molar refractivity (Wildman–Crippen MR) is 260 cm³/mol. The maximum atomic E-state index is 5.21.